The lowest BCUT2D eigenvalue weighted by atomic mass is 9.81. The standard InChI is InChI=1S/C25H24N2O4/c1-14-4-7-18(10-15(14)2)26-24(29)21-13-20-22(27-25(21)30)11-17(12-23(20)28)16-5-8-19(31-3)9-6-16/h4-10,13,17H,11-12H2,1-3H3,(H,26,29)(H,27,30)/t17-/m0/s1. The zero-order chi connectivity index (χ0) is 22.1. The van der Waals surface area contributed by atoms with E-state index in [1.165, 1.54) is 6.07 Å². The molecule has 0 radical (unpaired) electrons. The number of hydrogen-bond donors (Lipinski definition) is 2. The summed E-state index contributed by atoms with van der Waals surface area (Å²) in [4.78, 5) is 41.0. The number of Topliss-reactive ketones (excluding diaryl/α,β-unsaturated/α-hetero) is 1. The number of hydrogen-bond acceptors (Lipinski definition) is 4. The molecule has 1 amide bonds. The van der Waals surface area contributed by atoms with Gasteiger partial charge in [0.05, 0.1) is 7.11 Å². The van der Waals surface area contributed by atoms with Crippen molar-refractivity contribution in [1.29, 1.82) is 0 Å². The highest BCUT2D eigenvalue weighted by molar-refractivity contribution is 6.06. The fourth-order valence-corrected chi connectivity index (χ4v) is 3.93. The minimum atomic E-state index is -0.530. The third-order valence-corrected chi connectivity index (χ3v) is 5.90. The number of rotatable bonds is 4. The topological polar surface area (TPSA) is 88.3 Å². The van der Waals surface area contributed by atoms with E-state index in [4.69, 9.17) is 4.74 Å². The third-order valence-electron chi connectivity index (χ3n) is 5.90. The van der Waals surface area contributed by atoms with Gasteiger partial charge in [0, 0.05) is 23.4 Å². The SMILES string of the molecule is COc1ccc([C@@H]2CC(=O)c3cc(C(=O)Nc4ccc(C)c(C)c4)c(=O)[nH]c3C2)cc1. The zero-order valence-corrected chi connectivity index (χ0v) is 17.7. The van der Waals surface area contributed by atoms with Crippen LogP contribution >= 0.6 is 0 Å². The van der Waals surface area contributed by atoms with Crippen LogP contribution in [0.15, 0.2) is 53.3 Å². The molecule has 0 unspecified atom stereocenters. The van der Waals surface area contributed by atoms with Crippen LogP contribution in [0.5, 0.6) is 5.75 Å². The monoisotopic (exact) mass is 416 g/mol. The van der Waals surface area contributed by atoms with E-state index < -0.39 is 11.5 Å². The Morgan fingerprint density at radius 1 is 1.00 bits per heavy atom. The van der Waals surface area contributed by atoms with Crippen molar-refractivity contribution in [2.45, 2.75) is 32.6 Å². The van der Waals surface area contributed by atoms with Crippen LogP contribution in [0.25, 0.3) is 0 Å². The lowest BCUT2D eigenvalue weighted by molar-refractivity contribution is 0.0963. The zero-order valence-electron chi connectivity index (χ0n) is 17.7. The molecule has 0 bridgehead atoms. The molecule has 1 heterocycles. The maximum absolute atomic E-state index is 12.8. The summed E-state index contributed by atoms with van der Waals surface area (Å²) < 4.78 is 5.19. The van der Waals surface area contributed by atoms with Crippen LogP contribution in [-0.4, -0.2) is 23.8 Å². The molecule has 31 heavy (non-hydrogen) atoms. The maximum Gasteiger partial charge on any atom is 0.261 e. The summed E-state index contributed by atoms with van der Waals surface area (Å²) in [5, 5.41) is 2.75. The number of fused-ring (bicyclic) bond motifs is 1. The number of aryl methyl sites for hydroxylation is 2. The molecule has 3 aromatic rings. The van der Waals surface area contributed by atoms with E-state index in [9.17, 15) is 14.4 Å². The van der Waals surface area contributed by atoms with Gasteiger partial charge in [0.1, 0.15) is 11.3 Å². The van der Waals surface area contributed by atoms with Crippen molar-refractivity contribution in [3.63, 3.8) is 0 Å². The van der Waals surface area contributed by atoms with E-state index >= 15 is 0 Å². The van der Waals surface area contributed by atoms with Crippen molar-refractivity contribution in [1.82, 2.24) is 4.98 Å². The quantitative estimate of drug-likeness (QED) is 0.668. The highest BCUT2D eigenvalue weighted by Gasteiger charge is 2.29. The van der Waals surface area contributed by atoms with Gasteiger partial charge in [-0.1, -0.05) is 18.2 Å². The van der Waals surface area contributed by atoms with Crippen molar-refractivity contribution >= 4 is 17.4 Å². The van der Waals surface area contributed by atoms with Crippen LogP contribution in [0, 0.1) is 13.8 Å². The molecule has 2 aromatic carbocycles. The first-order valence-electron chi connectivity index (χ1n) is 10.2. The van der Waals surface area contributed by atoms with Gasteiger partial charge in [-0.25, -0.2) is 0 Å². The van der Waals surface area contributed by atoms with Gasteiger partial charge in [0.25, 0.3) is 11.5 Å². The molecule has 0 saturated carbocycles. The lowest BCUT2D eigenvalue weighted by Gasteiger charge is -2.24. The summed E-state index contributed by atoms with van der Waals surface area (Å²) in [5.41, 5.74) is 4.20. The van der Waals surface area contributed by atoms with Crippen LogP contribution in [0.3, 0.4) is 0 Å². The number of amides is 1. The molecule has 0 fully saturated rings. The van der Waals surface area contributed by atoms with Gasteiger partial charge < -0.3 is 15.0 Å². The molecule has 6 nitrogen and oxygen atoms in total. The van der Waals surface area contributed by atoms with Crippen molar-refractivity contribution < 1.29 is 14.3 Å². The molecule has 0 saturated heterocycles. The Balaban J connectivity index is 1.59. The normalized spacial score (nSPS) is 15.3. The van der Waals surface area contributed by atoms with E-state index in [1.807, 2.05) is 50.2 Å². The smallest absolute Gasteiger partial charge is 0.261 e. The fraction of sp³-hybridized carbons (Fsp3) is 0.240. The number of methoxy groups -OCH3 is 1. The number of pyridine rings is 1. The summed E-state index contributed by atoms with van der Waals surface area (Å²) in [6.45, 7) is 3.94. The molecule has 158 valence electrons. The Labute approximate surface area is 180 Å². The largest absolute Gasteiger partial charge is 0.497 e. The van der Waals surface area contributed by atoms with Gasteiger partial charge in [-0.15, -0.1) is 0 Å². The number of anilines is 1. The molecule has 2 N–H and O–H groups in total. The number of ether oxygens (including phenoxy) is 1. The molecule has 0 spiro atoms. The third kappa shape index (κ3) is 4.14. The summed E-state index contributed by atoms with van der Waals surface area (Å²) in [6, 6.07) is 14.6. The van der Waals surface area contributed by atoms with E-state index in [-0.39, 0.29) is 17.3 Å². The first kappa shape index (κ1) is 20.6. The number of aromatic nitrogens is 1. The lowest BCUT2D eigenvalue weighted by Crippen LogP contribution is -2.29. The van der Waals surface area contributed by atoms with E-state index in [0.29, 0.717) is 29.8 Å². The number of aromatic amines is 1. The number of ketones is 1. The minimum Gasteiger partial charge on any atom is -0.497 e. The number of H-pyrrole nitrogens is 1. The predicted octanol–water partition coefficient (Wildman–Crippen LogP) is 4.17. The van der Waals surface area contributed by atoms with Crippen molar-refractivity contribution in [3.05, 3.63) is 92.4 Å². The highest BCUT2D eigenvalue weighted by Crippen LogP contribution is 2.32. The molecule has 4 rings (SSSR count). The molecule has 1 aliphatic carbocycles. The molecular weight excluding hydrogens is 392 g/mol. The molecule has 1 atom stereocenters. The van der Waals surface area contributed by atoms with Gasteiger partial charge in [0.2, 0.25) is 0 Å². The molecule has 1 aromatic heterocycles. The van der Waals surface area contributed by atoms with Gasteiger partial charge >= 0.3 is 0 Å². The summed E-state index contributed by atoms with van der Waals surface area (Å²) >= 11 is 0. The average Bonchev–Trinajstić information content (AvgIpc) is 2.75. The second kappa shape index (κ2) is 8.22. The van der Waals surface area contributed by atoms with Crippen molar-refractivity contribution in [2.24, 2.45) is 0 Å². The first-order valence-corrected chi connectivity index (χ1v) is 10.2. The molecule has 0 aliphatic heterocycles. The highest BCUT2D eigenvalue weighted by atomic mass is 16.5. The Hall–Kier alpha value is -3.67. The molecular formula is C25H24N2O4. The Bertz CT molecular complexity index is 1230. The average molecular weight is 416 g/mol. The molecule has 1 aliphatic rings. The van der Waals surface area contributed by atoms with Crippen LogP contribution in [0.1, 0.15) is 55.4 Å². The summed E-state index contributed by atoms with van der Waals surface area (Å²) in [5.74, 6) is 0.104. The Kier molecular flexibility index (Phi) is 5.46. The van der Waals surface area contributed by atoms with Gasteiger partial charge in [0.15, 0.2) is 5.78 Å². The summed E-state index contributed by atoms with van der Waals surface area (Å²) in [7, 11) is 1.61. The van der Waals surface area contributed by atoms with Crippen molar-refractivity contribution in [3.8, 4) is 5.75 Å². The van der Waals surface area contributed by atoms with Crippen molar-refractivity contribution in [2.75, 3.05) is 12.4 Å². The minimum absolute atomic E-state index is 0.0308. The van der Waals surface area contributed by atoms with Gasteiger partial charge in [-0.05, 0) is 73.2 Å². The van der Waals surface area contributed by atoms with E-state index in [0.717, 1.165) is 22.4 Å². The van der Waals surface area contributed by atoms with Crippen LogP contribution in [-0.2, 0) is 6.42 Å². The second-order valence-electron chi connectivity index (χ2n) is 7.96. The number of carbonyl (C=O) groups is 2. The van der Waals surface area contributed by atoms with Gasteiger partial charge in [-0.3, -0.25) is 14.4 Å². The second-order valence-corrected chi connectivity index (χ2v) is 7.96. The number of benzene rings is 2. The van der Waals surface area contributed by atoms with Crippen LogP contribution < -0.4 is 15.6 Å². The number of carbonyl (C=O) groups excluding carboxylic acids is 2. The number of nitrogens with one attached hydrogen (secondary N) is 2. The Morgan fingerprint density at radius 3 is 2.42 bits per heavy atom. The predicted molar refractivity (Wildman–Crippen MR) is 119 cm³/mol. The van der Waals surface area contributed by atoms with Crippen LogP contribution in [0.4, 0.5) is 5.69 Å². The maximum atomic E-state index is 12.8. The summed E-state index contributed by atoms with van der Waals surface area (Å²) in [6.07, 6.45) is 0.852. The molecule has 6 heteroatoms. The Morgan fingerprint density at radius 2 is 1.74 bits per heavy atom. The van der Waals surface area contributed by atoms with E-state index in [2.05, 4.69) is 10.3 Å². The van der Waals surface area contributed by atoms with E-state index in [1.54, 1.807) is 13.2 Å². The first-order chi connectivity index (χ1) is 14.9. The van der Waals surface area contributed by atoms with Gasteiger partial charge in [-0.2, -0.15) is 0 Å². The van der Waals surface area contributed by atoms with Crippen LogP contribution in [0.2, 0.25) is 0 Å². The fourth-order valence-electron chi connectivity index (χ4n) is 3.93.